The number of hydrogen-bond donors (Lipinski definition) is 1. The van der Waals surface area contributed by atoms with Gasteiger partial charge in [-0.15, -0.1) is 11.8 Å². The van der Waals surface area contributed by atoms with Gasteiger partial charge in [0.05, 0.1) is 0 Å². The Morgan fingerprint density at radius 1 is 1.20 bits per heavy atom. The van der Waals surface area contributed by atoms with Crippen LogP contribution in [0.3, 0.4) is 0 Å². The fourth-order valence-corrected chi connectivity index (χ4v) is 3.78. The molecule has 1 aliphatic carbocycles. The number of carbonyl (C=O) groups is 1. The van der Waals surface area contributed by atoms with Gasteiger partial charge >= 0.3 is 6.03 Å². The van der Waals surface area contributed by atoms with Crippen molar-refractivity contribution in [3.63, 3.8) is 0 Å². The van der Waals surface area contributed by atoms with Gasteiger partial charge < -0.3 is 10.2 Å². The molecule has 1 aliphatic rings. The highest BCUT2D eigenvalue weighted by Gasteiger charge is 2.16. The van der Waals surface area contributed by atoms with Crippen molar-refractivity contribution in [1.82, 2.24) is 4.90 Å². The smallest absolute Gasteiger partial charge is 0.321 e. The molecular formula is C16H24N2OS. The van der Waals surface area contributed by atoms with Crippen molar-refractivity contribution in [1.29, 1.82) is 0 Å². The van der Waals surface area contributed by atoms with Gasteiger partial charge in [0.15, 0.2) is 0 Å². The first-order valence-corrected chi connectivity index (χ1v) is 8.43. The van der Waals surface area contributed by atoms with E-state index in [2.05, 4.69) is 17.4 Å². The summed E-state index contributed by atoms with van der Waals surface area (Å²) in [7, 11) is 0. The number of carbonyl (C=O) groups excluding carboxylic acids is 1. The number of hydrogen-bond acceptors (Lipinski definition) is 2. The van der Waals surface area contributed by atoms with Gasteiger partial charge in [-0.1, -0.05) is 12.8 Å². The Hall–Kier alpha value is -1.16. The van der Waals surface area contributed by atoms with E-state index in [4.69, 9.17) is 0 Å². The second-order valence-corrected chi connectivity index (χ2v) is 6.52. The molecule has 1 saturated carbocycles. The topological polar surface area (TPSA) is 32.3 Å². The van der Waals surface area contributed by atoms with E-state index in [1.807, 2.05) is 37.7 Å². The summed E-state index contributed by atoms with van der Waals surface area (Å²) < 4.78 is 0. The van der Waals surface area contributed by atoms with Gasteiger partial charge in [0.25, 0.3) is 0 Å². The Morgan fingerprint density at radius 2 is 1.80 bits per heavy atom. The SMILES string of the molecule is CCN(CC)C(=O)Nc1ccc(SC2CCCC2)cc1. The molecule has 1 fully saturated rings. The van der Waals surface area contributed by atoms with Crippen LogP contribution in [0.15, 0.2) is 29.2 Å². The largest absolute Gasteiger partial charge is 0.325 e. The minimum Gasteiger partial charge on any atom is -0.325 e. The van der Waals surface area contributed by atoms with Crippen molar-refractivity contribution in [2.45, 2.75) is 49.7 Å². The van der Waals surface area contributed by atoms with E-state index in [-0.39, 0.29) is 6.03 Å². The number of benzene rings is 1. The van der Waals surface area contributed by atoms with Gasteiger partial charge in [-0.25, -0.2) is 4.79 Å². The van der Waals surface area contributed by atoms with Crippen LogP contribution in [0.5, 0.6) is 0 Å². The predicted molar refractivity (Wildman–Crippen MR) is 86.5 cm³/mol. The summed E-state index contributed by atoms with van der Waals surface area (Å²) in [5.74, 6) is 0. The molecule has 4 heteroatoms. The van der Waals surface area contributed by atoms with E-state index in [1.54, 1.807) is 4.90 Å². The molecule has 0 saturated heterocycles. The Bertz CT molecular complexity index is 423. The molecule has 1 aromatic rings. The third-order valence-electron chi connectivity index (χ3n) is 3.76. The molecule has 0 atom stereocenters. The van der Waals surface area contributed by atoms with Crippen LogP contribution in [0.1, 0.15) is 39.5 Å². The molecule has 0 unspecified atom stereocenters. The Labute approximate surface area is 126 Å². The molecule has 3 nitrogen and oxygen atoms in total. The van der Waals surface area contributed by atoms with Crippen molar-refractivity contribution in [2.24, 2.45) is 0 Å². The third kappa shape index (κ3) is 4.17. The number of nitrogens with one attached hydrogen (secondary N) is 1. The van der Waals surface area contributed by atoms with E-state index in [0.717, 1.165) is 24.0 Å². The normalized spacial score (nSPS) is 15.3. The van der Waals surface area contributed by atoms with E-state index in [9.17, 15) is 4.79 Å². The molecule has 0 radical (unpaired) electrons. The minimum absolute atomic E-state index is 0.0220. The van der Waals surface area contributed by atoms with Gasteiger partial charge in [-0.2, -0.15) is 0 Å². The fourth-order valence-electron chi connectivity index (χ4n) is 2.53. The summed E-state index contributed by atoms with van der Waals surface area (Å²) in [6.07, 6.45) is 5.42. The summed E-state index contributed by atoms with van der Waals surface area (Å²) in [5.41, 5.74) is 0.873. The molecular weight excluding hydrogens is 268 g/mol. The van der Waals surface area contributed by atoms with Crippen LogP contribution in [-0.4, -0.2) is 29.3 Å². The molecule has 20 heavy (non-hydrogen) atoms. The number of anilines is 1. The van der Waals surface area contributed by atoms with Crippen LogP contribution in [0, 0.1) is 0 Å². The van der Waals surface area contributed by atoms with Crippen molar-refractivity contribution in [2.75, 3.05) is 18.4 Å². The van der Waals surface area contributed by atoms with Crippen molar-refractivity contribution in [3.05, 3.63) is 24.3 Å². The molecule has 110 valence electrons. The molecule has 2 rings (SSSR count). The van der Waals surface area contributed by atoms with Crippen molar-refractivity contribution >= 4 is 23.5 Å². The highest BCUT2D eigenvalue weighted by atomic mass is 32.2. The summed E-state index contributed by atoms with van der Waals surface area (Å²) in [4.78, 5) is 15.0. The first-order chi connectivity index (χ1) is 9.72. The predicted octanol–water partition coefficient (Wildman–Crippen LogP) is 4.60. The lowest BCUT2D eigenvalue weighted by molar-refractivity contribution is 0.217. The lowest BCUT2D eigenvalue weighted by atomic mass is 10.3. The quantitative estimate of drug-likeness (QED) is 0.860. The molecule has 0 spiro atoms. The second kappa shape index (κ2) is 7.58. The number of amides is 2. The summed E-state index contributed by atoms with van der Waals surface area (Å²) in [6.45, 7) is 5.45. The van der Waals surface area contributed by atoms with Crippen LogP contribution >= 0.6 is 11.8 Å². The maximum Gasteiger partial charge on any atom is 0.321 e. The number of urea groups is 1. The maximum atomic E-state index is 11.9. The molecule has 0 aliphatic heterocycles. The summed E-state index contributed by atoms with van der Waals surface area (Å²) >= 11 is 1.97. The van der Waals surface area contributed by atoms with Crippen LogP contribution in [0.2, 0.25) is 0 Å². The highest BCUT2D eigenvalue weighted by Crippen LogP contribution is 2.34. The zero-order valence-corrected chi connectivity index (χ0v) is 13.2. The first kappa shape index (κ1) is 15.2. The van der Waals surface area contributed by atoms with Gasteiger partial charge in [0, 0.05) is 28.9 Å². The fraction of sp³-hybridized carbons (Fsp3) is 0.562. The second-order valence-electron chi connectivity index (χ2n) is 5.15. The minimum atomic E-state index is -0.0220. The van der Waals surface area contributed by atoms with Gasteiger partial charge in [0.1, 0.15) is 0 Å². The Kier molecular flexibility index (Phi) is 5.77. The monoisotopic (exact) mass is 292 g/mol. The average molecular weight is 292 g/mol. The van der Waals surface area contributed by atoms with E-state index >= 15 is 0 Å². The number of nitrogens with zero attached hydrogens (tertiary/aromatic N) is 1. The van der Waals surface area contributed by atoms with Crippen molar-refractivity contribution < 1.29 is 4.79 Å². The standard InChI is InChI=1S/C16H24N2OS/c1-3-18(4-2)16(19)17-13-9-11-15(12-10-13)20-14-7-5-6-8-14/h9-12,14H,3-8H2,1-2H3,(H,17,19). The first-order valence-electron chi connectivity index (χ1n) is 7.55. The number of rotatable bonds is 5. The zero-order chi connectivity index (χ0) is 14.4. The lowest BCUT2D eigenvalue weighted by Gasteiger charge is -2.19. The Balaban J connectivity index is 1.89. The van der Waals surface area contributed by atoms with E-state index in [1.165, 1.54) is 30.6 Å². The van der Waals surface area contributed by atoms with Crippen LogP contribution in [-0.2, 0) is 0 Å². The maximum absolute atomic E-state index is 11.9. The number of thioether (sulfide) groups is 1. The van der Waals surface area contributed by atoms with Gasteiger partial charge in [-0.3, -0.25) is 0 Å². The van der Waals surface area contributed by atoms with E-state index < -0.39 is 0 Å². The summed E-state index contributed by atoms with van der Waals surface area (Å²) in [5, 5.41) is 3.73. The highest BCUT2D eigenvalue weighted by molar-refractivity contribution is 8.00. The van der Waals surface area contributed by atoms with Gasteiger partial charge in [-0.05, 0) is 51.0 Å². The average Bonchev–Trinajstić information content (AvgIpc) is 2.95. The van der Waals surface area contributed by atoms with Crippen LogP contribution < -0.4 is 5.32 Å². The molecule has 1 aromatic carbocycles. The molecule has 0 bridgehead atoms. The molecule has 1 N–H and O–H groups in total. The molecule has 0 heterocycles. The lowest BCUT2D eigenvalue weighted by Crippen LogP contribution is -2.34. The van der Waals surface area contributed by atoms with Crippen molar-refractivity contribution in [3.8, 4) is 0 Å². The zero-order valence-electron chi connectivity index (χ0n) is 12.4. The molecule has 0 aromatic heterocycles. The summed E-state index contributed by atoms with van der Waals surface area (Å²) in [6, 6.07) is 8.20. The van der Waals surface area contributed by atoms with Crippen LogP contribution in [0.4, 0.5) is 10.5 Å². The Morgan fingerprint density at radius 3 is 2.35 bits per heavy atom. The molecule has 2 amide bonds. The van der Waals surface area contributed by atoms with Gasteiger partial charge in [0.2, 0.25) is 0 Å². The van der Waals surface area contributed by atoms with E-state index in [0.29, 0.717) is 0 Å². The third-order valence-corrected chi connectivity index (χ3v) is 5.11. The van der Waals surface area contributed by atoms with Crippen LogP contribution in [0.25, 0.3) is 0 Å².